The summed E-state index contributed by atoms with van der Waals surface area (Å²) >= 11 is 11.7. The van der Waals surface area contributed by atoms with Crippen molar-refractivity contribution in [1.82, 2.24) is 10.4 Å². The lowest BCUT2D eigenvalue weighted by atomic mass is 10.2. The molecule has 4 nitrogen and oxygen atoms in total. The number of nitrogens with zero attached hydrogens (tertiary/aromatic N) is 2. The quantitative estimate of drug-likeness (QED) is 0.537. The largest absolute Gasteiger partial charge is 0.274 e. The highest BCUT2D eigenvalue weighted by Gasteiger charge is 2.09. The predicted molar refractivity (Wildman–Crippen MR) is 75.8 cm³/mol. The molecule has 6 heteroatoms. The van der Waals surface area contributed by atoms with Gasteiger partial charge in [0.05, 0.1) is 11.8 Å². The normalized spacial score (nSPS) is 10.6. The Morgan fingerprint density at radius 1 is 1.21 bits per heavy atom. The second-order valence-corrected chi connectivity index (χ2v) is 4.33. The molecule has 1 aromatic carbocycles. The van der Waals surface area contributed by atoms with Crippen molar-refractivity contribution in [2.45, 2.75) is 0 Å². The number of hydrogen-bond acceptors (Lipinski definition) is 3. The molecule has 0 unspecified atom stereocenters. The molecule has 0 aliphatic carbocycles. The summed E-state index contributed by atoms with van der Waals surface area (Å²) in [5.74, 6) is -0.429. The number of amides is 1. The van der Waals surface area contributed by atoms with Gasteiger partial charge in [0, 0.05) is 16.8 Å². The number of nitrogens with one attached hydrogen (secondary N) is 1. The zero-order valence-electron chi connectivity index (χ0n) is 9.68. The minimum Gasteiger partial charge on any atom is -0.267 e. The van der Waals surface area contributed by atoms with Crippen molar-refractivity contribution < 1.29 is 4.79 Å². The summed E-state index contributed by atoms with van der Waals surface area (Å²) in [6, 6.07) is 10.4. The van der Waals surface area contributed by atoms with Crippen LogP contribution in [-0.4, -0.2) is 17.1 Å². The van der Waals surface area contributed by atoms with E-state index in [1.165, 1.54) is 12.4 Å². The van der Waals surface area contributed by atoms with Gasteiger partial charge in [-0.3, -0.25) is 4.79 Å². The van der Waals surface area contributed by atoms with Gasteiger partial charge < -0.3 is 0 Å². The number of pyridine rings is 1. The van der Waals surface area contributed by atoms with Crippen LogP contribution in [-0.2, 0) is 0 Å². The highest BCUT2D eigenvalue weighted by atomic mass is 35.5. The van der Waals surface area contributed by atoms with Crippen molar-refractivity contribution in [3.8, 4) is 0 Å². The molecular formula is C13H9Cl2N3O. The van der Waals surface area contributed by atoms with Crippen molar-refractivity contribution >= 4 is 35.3 Å². The third-order valence-electron chi connectivity index (χ3n) is 2.28. The number of halogens is 2. The SMILES string of the molecule is O=C(N/N=C/c1ccccc1Cl)c1cccnc1Cl. The molecule has 19 heavy (non-hydrogen) atoms. The molecule has 0 radical (unpaired) electrons. The second kappa shape index (κ2) is 6.31. The number of hydrogen-bond donors (Lipinski definition) is 1. The monoisotopic (exact) mass is 293 g/mol. The van der Waals surface area contributed by atoms with E-state index in [9.17, 15) is 4.79 Å². The van der Waals surface area contributed by atoms with E-state index in [1.807, 2.05) is 12.1 Å². The first-order valence-corrected chi connectivity index (χ1v) is 6.12. The first-order chi connectivity index (χ1) is 9.18. The van der Waals surface area contributed by atoms with Gasteiger partial charge in [-0.1, -0.05) is 41.4 Å². The van der Waals surface area contributed by atoms with Gasteiger partial charge in [-0.2, -0.15) is 5.10 Å². The molecule has 0 atom stereocenters. The molecular weight excluding hydrogens is 285 g/mol. The van der Waals surface area contributed by atoms with Gasteiger partial charge in [0.25, 0.3) is 5.91 Å². The van der Waals surface area contributed by atoms with Crippen LogP contribution in [0.25, 0.3) is 0 Å². The maximum atomic E-state index is 11.8. The van der Waals surface area contributed by atoms with Gasteiger partial charge >= 0.3 is 0 Å². The fourth-order valence-corrected chi connectivity index (χ4v) is 1.75. The number of hydrazone groups is 1. The van der Waals surface area contributed by atoms with Gasteiger partial charge in [-0.15, -0.1) is 0 Å². The van der Waals surface area contributed by atoms with E-state index in [1.54, 1.807) is 24.3 Å². The van der Waals surface area contributed by atoms with Gasteiger partial charge in [0.15, 0.2) is 0 Å². The minimum absolute atomic E-state index is 0.132. The van der Waals surface area contributed by atoms with Crippen LogP contribution in [0.15, 0.2) is 47.7 Å². The Balaban J connectivity index is 2.06. The molecule has 1 N–H and O–H groups in total. The molecule has 0 saturated carbocycles. The van der Waals surface area contributed by atoms with E-state index in [4.69, 9.17) is 23.2 Å². The minimum atomic E-state index is -0.429. The Bertz CT molecular complexity index is 629. The Morgan fingerprint density at radius 2 is 2.00 bits per heavy atom. The Labute approximate surface area is 120 Å². The molecule has 0 aliphatic rings. The average molecular weight is 294 g/mol. The van der Waals surface area contributed by atoms with Crippen LogP contribution in [0.5, 0.6) is 0 Å². The third-order valence-corrected chi connectivity index (χ3v) is 2.92. The summed E-state index contributed by atoms with van der Waals surface area (Å²) in [5, 5.41) is 4.51. The van der Waals surface area contributed by atoms with Gasteiger partial charge in [0.2, 0.25) is 0 Å². The van der Waals surface area contributed by atoms with Crippen LogP contribution in [0, 0.1) is 0 Å². The zero-order valence-corrected chi connectivity index (χ0v) is 11.2. The Hall–Kier alpha value is -1.91. The van der Waals surface area contributed by atoms with Crippen LogP contribution in [0.4, 0.5) is 0 Å². The highest BCUT2D eigenvalue weighted by Crippen LogP contribution is 2.13. The number of carbonyl (C=O) groups is 1. The van der Waals surface area contributed by atoms with Gasteiger partial charge in [-0.25, -0.2) is 10.4 Å². The summed E-state index contributed by atoms with van der Waals surface area (Å²) < 4.78 is 0. The summed E-state index contributed by atoms with van der Waals surface area (Å²) in [6.45, 7) is 0. The first-order valence-electron chi connectivity index (χ1n) is 5.37. The standard InChI is InChI=1S/C13H9Cl2N3O/c14-11-6-2-1-4-9(11)8-17-18-13(19)10-5-3-7-16-12(10)15/h1-8H,(H,18,19)/b17-8+. The predicted octanol–water partition coefficient (Wildman–Crippen LogP) is 3.15. The van der Waals surface area contributed by atoms with E-state index in [0.29, 0.717) is 10.6 Å². The van der Waals surface area contributed by atoms with E-state index in [-0.39, 0.29) is 10.7 Å². The van der Waals surface area contributed by atoms with Crippen molar-refractivity contribution in [2.75, 3.05) is 0 Å². The molecule has 1 aromatic heterocycles. The lowest BCUT2D eigenvalue weighted by Crippen LogP contribution is -2.18. The molecule has 1 amide bonds. The fourth-order valence-electron chi connectivity index (χ4n) is 1.36. The third kappa shape index (κ3) is 3.53. The molecule has 0 bridgehead atoms. The van der Waals surface area contributed by atoms with Crippen LogP contribution >= 0.6 is 23.2 Å². The summed E-state index contributed by atoms with van der Waals surface area (Å²) in [7, 11) is 0. The fraction of sp³-hybridized carbons (Fsp3) is 0. The highest BCUT2D eigenvalue weighted by molar-refractivity contribution is 6.33. The van der Waals surface area contributed by atoms with E-state index < -0.39 is 5.91 Å². The van der Waals surface area contributed by atoms with Crippen LogP contribution < -0.4 is 5.43 Å². The smallest absolute Gasteiger partial charge is 0.267 e. The molecule has 0 aliphatic heterocycles. The second-order valence-electron chi connectivity index (χ2n) is 3.56. The summed E-state index contributed by atoms with van der Waals surface area (Å²) in [4.78, 5) is 15.6. The summed E-state index contributed by atoms with van der Waals surface area (Å²) in [5.41, 5.74) is 3.34. The number of benzene rings is 1. The average Bonchev–Trinajstić information content (AvgIpc) is 2.41. The molecule has 2 rings (SSSR count). The molecule has 0 fully saturated rings. The van der Waals surface area contributed by atoms with E-state index in [0.717, 1.165) is 0 Å². The Morgan fingerprint density at radius 3 is 2.74 bits per heavy atom. The molecule has 96 valence electrons. The zero-order chi connectivity index (χ0) is 13.7. The lowest BCUT2D eigenvalue weighted by molar-refractivity contribution is 0.0955. The Kier molecular flexibility index (Phi) is 4.49. The van der Waals surface area contributed by atoms with E-state index in [2.05, 4.69) is 15.5 Å². The van der Waals surface area contributed by atoms with Gasteiger partial charge in [0.1, 0.15) is 5.15 Å². The van der Waals surface area contributed by atoms with Gasteiger partial charge in [-0.05, 0) is 18.2 Å². The maximum absolute atomic E-state index is 11.8. The van der Waals surface area contributed by atoms with Crippen molar-refractivity contribution in [3.05, 3.63) is 63.9 Å². The topological polar surface area (TPSA) is 54.4 Å². The van der Waals surface area contributed by atoms with Crippen LogP contribution in [0.1, 0.15) is 15.9 Å². The first kappa shape index (κ1) is 13.5. The number of carbonyl (C=O) groups excluding carboxylic acids is 1. The molecule has 2 aromatic rings. The van der Waals surface area contributed by atoms with Crippen molar-refractivity contribution in [2.24, 2.45) is 5.10 Å². The van der Waals surface area contributed by atoms with Crippen LogP contribution in [0.2, 0.25) is 10.2 Å². The van der Waals surface area contributed by atoms with E-state index >= 15 is 0 Å². The molecule has 0 saturated heterocycles. The summed E-state index contributed by atoms with van der Waals surface area (Å²) in [6.07, 6.45) is 2.97. The van der Waals surface area contributed by atoms with Crippen molar-refractivity contribution in [3.63, 3.8) is 0 Å². The molecule has 1 heterocycles. The van der Waals surface area contributed by atoms with Crippen LogP contribution in [0.3, 0.4) is 0 Å². The lowest BCUT2D eigenvalue weighted by Gasteiger charge is -2.01. The number of rotatable bonds is 3. The number of aromatic nitrogens is 1. The molecule has 0 spiro atoms. The van der Waals surface area contributed by atoms with Crippen molar-refractivity contribution in [1.29, 1.82) is 0 Å². The maximum Gasteiger partial charge on any atom is 0.274 e.